The molecule has 0 aliphatic heterocycles. The molecular weight excluding hydrogens is 164 g/mol. The van der Waals surface area contributed by atoms with Crippen molar-refractivity contribution in [2.24, 2.45) is 11.8 Å². The number of hydrogen-bond donors (Lipinski definition) is 1. The molecule has 0 saturated heterocycles. The van der Waals surface area contributed by atoms with Crippen LogP contribution in [0.15, 0.2) is 0 Å². The molecule has 1 unspecified atom stereocenters. The molecule has 0 aromatic heterocycles. The average molecular weight is 180 g/mol. The second-order valence-electron chi connectivity index (χ2n) is 3.99. The van der Waals surface area contributed by atoms with Crippen LogP contribution in [0.2, 0.25) is 0 Å². The molecule has 1 fully saturated rings. The average Bonchev–Trinajstić information content (AvgIpc) is 1.96. The van der Waals surface area contributed by atoms with Crippen LogP contribution in [-0.4, -0.2) is 11.9 Å². The normalized spacial score (nSPS) is 18.9. The summed E-state index contributed by atoms with van der Waals surface area (Å²) in [5.41, 5.74) is 0. The van der Waals surface area contributed by atoms with Gasteiger partial charge in [-0.1, -0.05) is 20.3 Å². The fraction of sp³-hybridized carbons (Fsp3) is 0.800. The highest BCUT2D eigenvalue weighted by Gasteiger charge is 2.27. The first-order chi connectivity index (χ1) is 6.15. The van der Waals surface area contributed by atoms with Gasteiger partial charge in [0, 0.05) is 5.92 Å². The monoisotopic (exact) mass is 180 g/mol. The first kappa shape index (κ1) is 10.0. The Balaban J connectivity index is 2.37. The molecule has 1 saturated carbocycles. The lowest BCUT2D eigenvalue weighted by Gasteiger charge is -2.26. The van der Waals surface area contributed by atoms with Crippen molar-refractivity contribution in [2.45, 2.75) is 39.2 Å². The van der Waals surface area contributed by atoms with E-state index in [2.05, 4.69) is 11.4 Å². The van der Waals surface area contributed by atoms with Crippen molar-refractivity contribution in [3.05, 3.63) is 0 Å². The molecule has 0 bridgehead atoms. The maximum absolute atomic E-state index is 11.4. The molecule has 13 heavy (non-hydrogen) atoms. The smallest absolute Gasteiger partial charge is 0.224 e. The molecule has 0 spiro atoms. The van der Waals surface area contributed by atoms with Crippen LogP contribution in [0.1, 0.15) is 33.1 Å². The Labute approximate surface area is 79.1 Å². The van der Waals surface area contributed by atoms with Crippen LogP contribution in [0.4, 0.5) is 0 Å². The van der Waals surface area contributed by atoms with Gasteiger partial charge in [-0.3, -0.25) is 4.79 Å². The summed E-state index contributed by atoms with van der Waals surface area (Å²) >= 11 is 0. The maximum Gasteiger partial charge on any atom is 0.224 e. The van der Waals surface area contributed by atoms with Crippen LogP contribution in [0.25, 0.3) is 0 Å². The quantitative estimate of drug-likeness (QED) is 0.714. The molecule has 1 N–H and O–H groups in total. The van der Waals surface area contributed by atoms with Gasteiger partial charge in [0.15, 0.2) is 0 Å². The first-order valence-electron chi connectivity index (χ1n) is 4.85. The van der Waals surface area contributed by atoms with Crippen LogP contribution in [0.3, 0.4) is 0 Å². The van der Waals surface area contributed by atoms with Gasteiger partial charge in [-0.2, -0.15) is 5.26 Å². The van der Waals surface area contributed by atoms with Crippen molar-refractivity contribution in [1.29, 1.82) is 5.26 Å². The fourth-order valence-corrected chi connectivity index (χ4v) is 1.29. The standard InChI is InChI=1S/C10H16N2O/c1-7(2)9(6-11)12-10(13)8-4-3-5-8/h7-9H,3-5H2,1-2H3,(H,12,13). The molecule has 1 amide bonds. The molecule has 1 atom stereocenters. The van der Waals surface area contributed by atoms with Gasteiger partial charge in [-0.25, -0.2) is 0 Å². The van der Waals surface area contributed by atoms with Gasteiger partial charge < -0.3 is 5.32 Å². The van der Waals surface area contributed by atoms with Gasteiger partial charge in [-0.15, -0.1) is 0 Å². The highest BCUT2D eigenvalue weighted by atomic mass is 16.2. The second kappa shape index (κ2) is 4.27. The van der Waals surface area contributed by atoms with Crippen molar-refractivity contribution in [1.82, 2.24) is 5.32 Å². The minimum Gasteiger partial charge on any atom is -0.340 e. The predicted molar refractivity (Wildman–Crippen MR) is 49.7 cm³/mol. The number of amides is 1. The molecule has 1 aliphatic rings. The summed E-state index contributed by atoms with van der Waals surface area (Å²) in [6.07, 6.45) is 3.13. The Hall–Kier alpha value is -1.04. The number of rotatable bonds is 3. The first-order valence-corrected chi connectivity index (χ1v) is 4.85. The predicted octanol–water partition coefficient (Wildman–Crippen LogP) is 1.45. The van der Waals surface area contributed by atoms with Crippen molar-refractivity contribution >= 4 is 5.91 Å². The second-order valence-corrected chi connectivity index (χ2v) is 3.99. The van der Waals surface area contributed by atoms with E-state index in [-0.39, 0.29) is 23.8 Å². The molecule has 3 heteroatoms. The fourth-order valence-electron chi connectivity index (χ4n) is 1.29. The summed E-state index contributed by atoms with van der Waals surface area (Å²) in [6.45, 7) is 3.88. The zero-order chi connectivity index (χ0) is 9.84. The van der Waals surface area contributed by atoms with E-state index in [1.165, 1.54) is 0 Å². The third-order valence-corrected chi connectivity index (χ3v) is 2.58. The van der Waals surface area contributed by atoms with Gasteiger partial charge in [0.25, 0.3) is 0 Å². The zero-order valence-electron chi connectivity index (χ0n) is 8.21. The number of carbonyl (C=O) groups excluding carboxylic acids is 1. The summed E-state index contributed by atoms with van der Waals surface area (Å²) in [5.74, 6) is 0.426. The largest absolute Gasteiger partial charge is 0.340 e. The summed E-state index contributed by atoms with van der Waals surface area (Å²) in [5, 5.41) is 11.5. The van der Waals surface area contributed by atoms with E-state index in [0.29, 0.717) is 0 Å². The summed E-state index contributed by atoms with van der Waals surface area (Å²) in [4.78, 5) is 11.4. The highest BCUT2D eigenvalue weighted by molar-refractivity contribution is 5.80. The number of carbonyl (C=O) groups is 1. The van der Waals surface area contributed by atoms with Crippen LogP contribution < -0.4 is 5.32 Å². The number of hydrogen-bond acceptors (Lipinski definition) is 2. The number of nitriles is 1. The molecule has 0 aromatic carbocycles. The van der Waals surface area contributed by atoms with Gasteiger partial charge in [0.1, 0.15) is 6.04 Å². The van der Waals surface area contributed by atoms with Gasteiger partial charge >= 0.3 is 0 Å². The SMILES string of the molecule is CC(C)C(C#N)NC(=O)C1CCC1. The van der Waals surface area contributed by atoms with Crippen molar-refractivity contribution in [3.8, 4) is 6.07 Å². The Bertz CT molecular complexity index is 226. The maximum atomic E-state index is 11.4. The van der Waals surface area contributed by atoms with Crippen molar-refractivity contribution in [2.75, 3.05) is 0 Å². The van der Waals surface area contributed by atoms with E-state index >= 15 is 0 Å². The lowest BCUT2D eigenvalue weighted by molar-refractivity contribution is -0.128. The van der Waals surface area contributed by atoms with Crippen molar-refractivity contribution < 1.29 is 4.79 Å². The molecule has 72 valence electrons. The number of nitrogens with one attached hydrogen (secondary N) is 1. The molecule has 0 aromatic rings. The summed E-state index contributed by atoms with van der Waals surface area (Å²) in [7, 11) is 0. The van der Waals surface area contributed by atoms with Gasteiger partial charge in [-0.05, 0) is 18.8 Å². The van der Waals surface area contributed by atoms with E-state index in [1.807, 2.05) is 13.8 Å². The van der Waals surface area contributed by atoms with E-state index in [9.17, 15) is 4.79 Å². The Morgan fingerprint density at radius 1 is 1.54 bits per heavy atom. The lowest BCUT2D eigenvalue weighted by Crippen LogP contribution is -2.42. The molecule has 0 heterocycles. The minimum atomic E-state index is -0.326. The number of nitrogens with zero attached hydrogens (tertiary/aromatic N) is 1. The molecule has 0 radical (unpaired) electrons. The van der Waals surface area contributed by atoms with Crippen LogP contribution in [0, 0.1) is 23.2 Å². The molecule has 1 rings (SSSR count). The van der Waals surface area contributed by atoms with Crippen molar-refractivity contribution in [3.63, 3.8) is 0 Å². The van der Waals surface area contributed by atoms with E-state index < -0.39 is 0 Å². The third kappa shape index (κ3) is 2.45. The van der Waals surface area contributed by atoms with Crippen LogP contribution in [-0.2, 0) is 4.79 Å². The van der Waals surface area contributed by atoms with E-state index in [1.54, 1.807) is 0 Å². The Morgan fingerprint density at radius 3 is 2.46 bits per heavy atom. The summed E-state index contributed by atoms with van der Waals surface area (Å²) < 4.78 is 0. The topological polar surface area (TPSA) is 52.9 Å². The highest BCUT2D eigenvalue weighted by Crippen LogP contribution is 2.26. The molecule has 3 nitrogen and oxygen atoms in total. The minimum absolute atomic E-state index is 0.0616. The Kier molecular flexibility index (Phi) is 3.30. The Morgan fingerprint density at radius 2 is 2.15 bits per heavy atom. The third-order valence-electron chi connectivity index (χ3n) is 2.58. The van der Waals surface area contributed by atoms with Crippen LogP contribution >= 0.6 is 0 Å². The van der Waals surface area contributed by atoms with E-state index in [4.69, 9.17) is 5.26 Å². The summed E-state index contributed by atoms with van der Waals surface area (Å²) in [6, 6.07) is 1.78. The molecular formula is C10H16N2O. The lowest BCUT2D eigenvalue weighted by atomic mass is 9.84. The molecule has 1 aliphatic carbocycles. The zero-order valence-corrected chi connectivity index (χ0v) is 8.21. The van der Waals surface area contributed by atoms with Crippen LogP contribution in [0.5, 0.6) is 0 Å². The van der Waals surface area contributed by atoms with Gasteiger partial charge in [0.2, 0.25) is 5.91 Å². The van der Waals surface area contributed by atoms with E-state index in [0.717, 1.165) is 19.3 Å². The van der Waals surface area contributed by atoms with Gasteiger partial charge in [0.05, 0.1) is 6.07 Å².